The fourth-order valence-corrected chi connectivity index (χ4v) is 2.41. The van der Waals surface area contributed by atoms with Gasteiger partial charge in [-0.15, -0.1) is 0 Å². The molecule has 2 aromatic carbocycles. The lowest BCUT2D eigenvalue weighted by Crippen LogP contribution is -2.11. The van der Waals surface area contributed by atoms with Crippen molar-refractivity contribution in [3.05, 3.63) is 64.7 Å². The summed E-state index contributed by atoms with van der Waals surface area (Å²) in [5.41, 5.74) is 3.67. The van der Waals surface area contributed by atoms with Gasteiger partial charge >= 0.3 is 0 Å². The first-order chi connectivity index (χ1) is 9.20. The Hall–Kier alpha value is -1.47. The minimum atomic E-state index is 0.336. The molecule has 0 saturated heterocycles. The maximum Gasteiger partial charge on any atom is 0.0513 e. The first kappa shape index (κ1) is 14.0. The zero-order chi connectivity index (χ0) is 13.7. The van der Waals surface area contributed by atoms with Crippen LogP contribution in [0.4, 0.5) is 5.69 Å². The van der Waals surface area contributed by atoms with Crippen LogP contribution in [-0.2, 0) is 0 Å². The van der Waals surface area contributed by atoms with E-state index < -0.39 is 0 Å². The van der Waals surface area contributed by atoms with Crippen molar-refractivity contribution >= 4 is 17.3 Å². The summed E-state index contributed by atoms with van der Waals surface area (Å²) in [7, 11) is 0. The van der Waals surface area contributed by atoms with Gasteiger partial charge in [0.15, 0.2) is 0 Å². The number of benzene rings is 2. The largest absolute Gasteiger partial charge is 0.378 e. The molecule has 0 aromatic heterocycles. The summed E-state index contributed by atoms with van der Waals surface area (Å²) >= 11 is 6.08. The number of halogens is 1. The van der Waals surface area contributed by atoms with Crippen LogP contribution in [0, 0.1) is 6.92 Å². The predicted octanol–water partition coefficient (Wildman–Crippen LogP) is 5.60. The molecule has 1 nitrogen and oxygen atoms in total. The lowest BCUT2D eigenvalue weighted by molar-refractivity contribution is 0.677. The number of hydrogen-bond acceptors (Lipinski definition) is 1. The molecule has 2 rings (SSSR count). The Morgan fingerprint density at radius 1 is 1.11 bits per heavy atom. The van der Waals surface area contributed by atoms with Gasteiger partial charge in [-0.05, 0) is 36.6 Å². The molecule has 1 N–H and O–H groups in total. The second kappa shape index (κ2) is 6.63. The Morgan fingerprint density at radius 3 is 2.53 bits per heavy atom. The van der Waals surface area contributed by atoms with E-state index in [2.05, 4.69) is 55.6 Å². The van der Waals surface area contributed by atoms with Gasteiger partial charge in [-0.25, -0.2) is 0 Å². The molecule has 0 aliphatic rings. The second-order valence-electron chi connectivity index (χ2n) is 4.86. The molecule has 0 aliphatic carbocycles. The number of aryl methyl sites for hydroxylation is 1. The van der Waals surface area contributed by atoms with Crippen molar-refractivity contribution in [2.24, 2.45) is 0 Å². The third-order valence-corrected chi connectivity index (χ3v) is 3.54. The molecular weight excluding hydrogens is 254 g/mol. The zero-order valence-corrected chi connectivity index (χ0v) is 12.2. The Bertz CT molecular complexity index is 522. The molecule has 0 amide bonds. The number of anilines is 1. The first-order valence-electron chi connectivity index (χ1n) is 6.78. The molecule has 0 bridgehead atoms. The lowest BCUT2D eigenvalue weighted by Gasteiger charge is -2.21. The highest BCUT2D eigenvalue weighted by Gasteiger charge is 2.11. The highest BCUT2D eigenvalue weighted by atomic mass is 35.5. The molecule has 100 valence electrons. The third kappa shape index (κ3) is 3.74. The zero-order valence-electron chi connectivity index (χ0n) is 11.5. The summed E-state index contributed by atoms with van der Waals surface area (Å²) in [6.45, 7) is 4.31. The van der Waals surface area contributed by atoms with E-state index in [0.717, 1.165) is 23.6 Å². The Morgan fingerprint density at radius 2 is 1.84 bits per heavy atom. The fraction of sp³-hybridized carbons (Fsp3) is 0.294. The Balaban J connectivity index is 2.24. The van der Waals surface area contributed by atoms with Gasteiger partial charge in [0.2, 0.25) is 0 Å². The molecule has 0 aliphatic heterocycles. The van der Waals surface area contributed by atoms with E-state index in [-0.39, 0.29) is 0 Å². The summed E-state index contributed by atoms with van der Waals surface area (Å²) in [5.74, 6) is 0. The molecule has 2 aromatic rings. The quantitative estimate of drug-likeness (QED) is 0.747. The summed E-state index contributed by atoms with van der Waals surface area (Å²) in [6, 6.07) is 16.9. The highest BCUT2D eigenvalue weighted by molar-refractivity contribution is 6.30. The molecule has 0 heterocycles. The van der Waals surface area contributed by atoms with Gasteiger partial charge in [0, 0.05) is 10.7 Å². The van der Waals surface area contributed by atoms with Gasteiger partial charge < -0.3 is 5.32 Å². The number of nitrogens with one attached hydrogen (secondary N) is 1. The average molecular weight is 274 g/mol. The lowest BCUT2D eigenvalue weighted by atomic mass is 10.0. The van der Waals surface area contributed by atoms with Crippen LogP contribution >= 0.6 is 11.6 Å². The van der Waals surface area contributed by atoms with Crippen LogP contribution in [0.3, 0.4) is 0 Å². The molecule has 0 radical (unpaired) electrons. The van der Waals surface area contributed by atoms with E-state index in [1.54, 1.807) is 0 Å². The molecule has 1 atom stereocenters. The topological polar surface area (TPSA) is 12.0 Å². The number of rotatable bonds is 5. The molecule has 2 heteroatoms. The van der Waals surface area contributed by atoms with E-state index in [9.17, 15) is 0 Å². The summed E-state index contributed by atoms with van der Waals surface area (Å²) < 4.78 is 0. The Kier molecular flexibility index (Phi) is 4.86. The van der Waals surface area contributed by atoms with Crippen molar-refractivity contribution in [2.45, 2.75) is 32.7 Å². The third-order valence-electron chi connectivity index (χ3n) is 3.31. The van der Waals surface area contributed by atoms with E-state index in [0.29, 0.717) is 6.04 Å². The molecule has 0 fully saturated rings. The predicted molar refractivity (Wildman–Crippen MR) is 83.9 cm³/mol. The normalized spacial score (nSPS) is 12.2. The van der Waals surface area contributed by atoms with Gasteiger partial charge in [-0.2, -0.15) is 0 Å². The smallest absolute Gasteiger partial charge is 0.0513 e. The van der Waals surface area contributed by atoms with Crippen LogP contribution < -0.4 is 5.32 Å². The minimum absolute atomic E-state index is 0.336. The van der Waals surface area contributed by atoms with Gasteiger partial charge in [0.1, 0.15) is 0 Å². The summed E-state index contributed by atoms with van der Waals surface area (Å²) in [6.07, 6.45) is 2.25. The summed E-state index contributed by atoms with van der Waals surface area (Å²) in [5, 5.41) is 4.40. The van der Waals surface area contributed by atoms with Crippen molar-refractivity contribution < 1.29 is 0 Å². The van der Waals surface area contributed by atoms with Crippen molar-refractivity contribution in [3.8, 4) is 0 Å². The monoisotopic (exact) mass is 273 g/mol. The maximum atomic E-state index is 6.08. The SMILES string of the molecule is CCCC(Nc1cc(Cl)ccc1C)c1ccccc1. The van der Waals surface area contributed by atoms with Gasteiger partial charge in [-0.3, -0.25) is 0 Å². The average Bonchev–Trinajstić information content (AvgIpc) is 2.43. The molecule has 1 unspecified atom stereocenters. The standard InChI is InChI=1S/C17H20ClN/c1-3-7-16(14-8-5-4-6-9-14)19-17-12-15(18)11-10-13(17)2/h4-6,8-12,16,19H,3,7H2,1-2H3. The maximum absolute atomic E-state index is 6.08. The minimum Gasteiger partial charge on any atom is -0.378 e. The highest BCUT2D eigenvalue weighted by Crippen LogP contribution is 2.27. The molecule has 0 spiro atoms. The van der Waals surface area contributed by atoms with Crippen molar-refractivity contribution in [3.63, 3.8) is 0 Å². The molecule has 19 heavy (non-hydrogen) atoms. The fourth-order valence-electron chi connectivity index (χ4n) is 2.23. The van der Waals surface area contributed by atoms with Crippen LogP contribution in [0.15, 0.2) is 48.5 Å². The van der Waals surface area contributed by atoms with Crippen molar-refractivity contribution in [2.75, 3.05) is 5.32 Å². The van der Waals surface area contributed by atoms with E-state index in [1.807, 2.05) is 12.1 Å². The Labute approximate surface area is 120 Å². The van der Waals surface area contributed by atoms with Crippen LogP contribution in [0.1, 0.15) is 36.9 Å². The van der Waals surface area contributed by atoms with Crippen LogP contribution in [-0.4, -0.2) is 0 Å². The van der Waals surface area contributed by atoms with Gasteiger partial charge in [-0.1, -0.05) is 61.3 Å². The van der Waals surface area contributed by atoms with E-state index >= 15 is 0 Å². The molecular formula is C17H20ClN. The van der Waals surface area contributed by atoms with E-state index in [4.69, 9.17) is 11.6 Å². The first-order valence-corrected chi connectivity index (χ1v) is 7.16. The van der Waals surface area contributed by atoms with Crippen LogP contribution in [0.5, 0.6) is 0 Å². The van der Waals surface area contributed by atoms with Crippen LogP contribution in [0.25, 0.3) is 0 Å². The van der Waals surface area contributed by atoms with Crippen LogP contribution in [0.2, 0.25) is 5.02 Å². The van der Waals surface area contributed by atoms with Gasteiger partial charge in [0.05, 0.1) is 6.04 Å². The summed E-state index contributed by atoms with van der Waals surface area (Å²) in [4.78, 5) is 0. The van der Waals surface area contributed by atoms with Crippen molar-refractivity contribution in [1.29, 1.82) is 0 Å². The second-order valence-corrected chi connectivity index (χ2v) is 5.29. The van der Waals surface area contributed by atoms with Crippen molar-refractivity contribution in [1.82, 2.24) is 0 Å². The van der Waals surface area contributed by atoms with E-state index in [1.165, 1.54) is 11.1 Å². The number of hydrogen-bond donors (Lipinski definition) is 1. The molecule has 0 saturated carbocycles. The van der Waals surface area contributed by atoms with Gasteiger partial charge in [0.25, 0.3) is 0 Å².